The molecule has 4 N–H and O–H groups in total. The van der Waals surface area contributed by atoms with Crippen molar-refractivity contribution >= 4 is 23.1 Å². The van der Waals surface area contributed by atoms with Gasteiger partial charge in [0.25, 0.3) is 0 Å². The van der Waals surface area contributed by atoms with Crippen molar-refractivity contribution in [3.63, 3.8) is 0 Å². The van der Waals surface area contributed by atoms with Gasteiger partial charge >= 0.3 is 5.97 Å². The van der Waals surface area contributed by atoms with Gasteiger partial charge in [0.15, 0.2) is 5.84 Å². The first-order valence-corrected chi connectivity index (χ1v) is 5.25. The topological polar surface area (TPSA) is 88.2 Å². The summed E-state index contributed by atoms with van der Waals surface area (Å²) in [7, 11) is 0. The number of rotatable bonds is 2. The van der Waals surface area contributed by atoms with E-state index in [-0.39, 0.29) is 11.9 Å². The molecule has 82 valence electrons. The summed E-state index contributed by atoms with van der Waals surface area (Å²) in [5, 5.41) is 9.34. The average molecular weight is 227 g/mol. The number of amidine groups is 1. The number of nitrogens with two attached hydrogens (primary N) is 1. The normalized spacial score (nSPS) is 11.9. The molecular formula is C9H13N3O2S. The van der Waals surface area contributed by atoms with Crippen LogP contribution in [0.3, 0.4) is 0 Å². The monoisotopic (exact) mass is 227 g/mol. The molecule has 1 heterocycles. The van der Waals surface area contributed by atoms with Gasteiger partial charge in [0.1, 0.15) is 0 Å². The fraction of sp³-hybridized carbons (Fsp3) is 0.333. The lowest BCUT2D eigenvalue weighted by atomic mass is 10.2. The maximum Gasteiger partial charge on any atom is 0.329 e. The Labute approximate surface area is 91.7 Å². The van der Waals surface area contributed by atoms with Crippen LogP contribution < -0.4 is 11.2 Å². The summed E-state index contributed by atoms with van der Waals surface area (Å²) < 4.78 is 0. The third-order valence-corrected chi connectivity index (χ3v) is 2.79. The van der Waals surface area contributed by atoms with Crippen LogP contribution in [0.5, 0.6) is 0 Å². The highest BCUT2D eigenvalue weighted by Gasteiger charge is 2.08. The first kappa shape index (κ1) is 11.7. The van der Waals surface area contributed by atoms with E-state index in [1.165, 1.54) is 18.3 Å². The molecular weight excluding hydrogens is 214 g/mol. The summed E-state index contributed by atoms with van der Waals surface area (Å²) in [6.45, 7) is 3.14. The molecule has 0 aliphatic carbocycles. The van der Waals surface area contributed by atoms with Gasteiger partial charge in [-0.15, -0.1) is 11.3 Å². The van der Waals surface area contributed by atoms with Crippen LogP contribution >= 0.6 is 11.3 Å². The number of carbonyl (C=O) groups is 1. The molecule has 0 aromatic carbocycles. The van der Waals surface area contributed by atoms with Gasteiger partial charge in [0.2, 0.25) is 0 Å². The molecule has 1 aromatic heterocycles. The predicted molar refractivity (Wildman–Crippen MR) is 58.7 cm³/mol. The zero-order valence-corrected chi connectivity index (χ0v) is 9.35. The second-order valence-corrected chi connectivity index (χ2v) is 4.04. The van der Waals surface area contributed by atoms with Crippen molar-refractivity contribution in [2.75, 3.05) is 0 Å². The Balaban J connectivity index is 2.62. The lowest BCUT2D eigenvalue weighted by molar-refractivity contribution is -0.145. The minimum Gasteiger partial charge on any atom is -0.342 e. The fourth-order valence-electron chi connectivity index (χ4n) is 0.905. The third-order valence-electron chi connectivity index (χ3n) is 1.65. The van der Waals surface area contributed by atoms with Crippen LogP contribution in [-0.4, -0.2) is 11.8 Å². The van der Waals surface area contributed by atoms with E-state index in [2.05, 4.69) is 10.3 Å². The van der Waals surface area contributed by atoms with Crippen LogP contribution in [0.15, 0.2) is 11.4 Å². The Kier molecular flexibility index (Phi) is 3.81. The molecule has 15 heavy (non-hydrogen) atoms. The van der Waals surface area contributed by atoms with Gasteiger partial charge in [0, 0.05) is 28.8 Å². The average Bonchev–Trinajstić information content (AvgIpc) is 2.62. The zero-order chi connectivity index (χ0) is 11.4. The predicted octanol–water partition coefficient (Wildman–Crippen LogP) is 1.16. The van der Waals surface area contributed by atoms with Gasteiger partial charge in [-0.1, -0.05) is 0 Å². The van der Waals surface area contributed by atoms with Gasteiger partial charge < -0.3 is 10.6 Å². The van der Waals surface area contributed by atoms with E-state index < -0.39 is 5.97 Å². The molecule has 0 saturated heterocycles. The first-order chi connectivity index (χ1) is 7.00. The molecule has 0 spiro atoms. The summed E-state index contributed by atoms with van der Waals surface area (Å²) in [6.07, 6.45) is 0. The number of hydrogen-bond donors (Lipinski definition) is 3. The molecule has 0 fully saturated rings. The smallest absolute Gasteiger partial charge is 0.329 e. The maximum absolute atomic E-state index is 10.5. The highest BCUT2D eigenvalue weighted by Crippen LogP contribution is 2.19. The SMILES string of the molecule is CC(=O)ONC(=N)c1csc([C@H](C)N)c1. The van der Waals surface area contributed by atoms with E-state index in [9.17, 15) is 4.79 Å². The van der Waals surface area contributed by atoms with Crippen LogP contribution in [0.2, 0.25) is 0 Å². The summed E-state index contributed by atoms with van der Waals surface area (Å²) in [5.74, 6) is -0.434. The highest BCUT2D eigenvalue weighted by atomic mass is 32.1. The fourth-order valence-corrected chi connectivity index (χ4v) is 1.76. The Hall–Kier alpha value is -1.40. The van der Waals surface area contributed by atoms with E-state index in [4.69, 9.17) is 11.1 Å². The van der Waals surface area contributed by atoms with Gasteiger partial charge in [-0.25, -0.2) is 5.48 Å². The molecule has 0 bridgehead atoms. The van der Waals surface area contributed by atoms with E-state index in [1.54, 1.807) is 11.4 Å². The van der Waals surface area contributed by atoms with Crippen LogP contribution in [0.25, 0.3) is 0 Å². The molecule has 0 unspecified atom stereocenters. The largest absolute Gasteiger partial charge is 0.342 e. The van der Waals surface area contributed by atoms with Crippen LogP contribution in [0.4, 0.5) is 0 Å². The highest BCUT2D eigenvalue weighted by molar-refractivity contribution is 7.10. The number of hydroxylamine groups is 1. The molecule has 0 saturated carbocycles. The van der Waals surface area contributed by atoms with Crippen molar-refractivity contribution in [1.82, 2.24) is 5.48 Å². The van der Waals surface area contributed by atoms with Crippen molar-refractivity contribution in [3.05, 3.63) is 21.9 Å². The molecule has 5 nitrogen and oxygen atoms in total. The second kappa shape index (κ2) is 4.90. The van der Waals surface area contributed by atoms with Gasteiger partial charge in [0.05, 0.1) is 0 Å². The number of thiophene rings is 1. The van der Waals surface area contributed by atoms with Crippen LogP contribution in [0, 0.1) is 5.41 Å². The van der Waals surface area contributed by atoms with Crippen molar-refractivity contribution in [2.24, 2.45) is 5.73 Å². The molecule has 0 radical (unpaired) electrons. The van der Waals surface area contributed by atoms with Crippen molar-refractivity contribution < 1.29 is 9.63 Å². The summed E-state index contributed by atoms with van der Waals surface area (Å²) >= 11 is 1.47. The van der Waals surface area contributed by atoms with Gasteiger partial charge in [-0.05, 0) is 13.0 Å². The lowest BCUT2D eigenvalue weighted by Crippen LogP contribution is -2.25. The van der Waals surface area contributed by atoms with Gasteiger partial charge in [-0.2, -0.15) is 0 Å². The second-order valence-electron chi connectivity index (χ2n) is 3.10. The van der Waals surface area contributed by atoms with Gasteiger partial charge in [-0.3, -0.25) is 10.2 Å². The summed E-state index contributed by atoms with van der Waals surface area (Å²) in [6, 6.07) is 1.75. The molecule has 1 aromatic rings. The minimum absolute atomic E-state index is 0.0494. The molecule has 0 aliphatic heterocycles. The number of nitrogens with one attached hydrogen (secondary N) is 2. The minimum atomic E-state index is -0.484. The Morgan fingerprint density at radius 2 is 2.40 bits per heavy atom. The molecule has 1 atom stereocenters. The molecule has 1 rings (SSSR count). The summed E-state index contributed by atoms with van der Waals surface area (Å²) in [4.78, 5) is 16.0. The first-order valence-electron chi connectivity index (χ1n) is 4.37. The van der Waals surface area contributed by atoms with Crippen molar-refractivity contribution in [1.29, 1.82) is 5.41 Å². The quantitative estimate of drug-likeness (QED) is 0.402. The Bertz CT molecular complexity index is 373. The van der Waals surface area contributed by atoms with Crippen LogP contribution in [-0.2, 0) is 9.63 Å². The number of carbonyl (C=O) groups excluding carboxylic acids is 1. The van der Waals surface area contributed by atoms with Crippen LogP contribution in [0.1, 0.15) is 30.3 Å². The van der Waals surface area contributed by atoms with E-state index in [0.717, 1.165) is 4.88 Å². The standard InChI is InChI=1S/C9H13N3O2S/c1-5(10)8-3-7(4-15-8)9(11)12-14-6(2)13/h3-5H,10H2,1-2H3,(H2,11,12)/t5-/m0/s1. The number of hydrogen-bond acceptors (Lipinski definition) is 5. The zero-order valence-electron chi connectivity index (χ0n) is 8.53. The molecule has 0 amide bonds. The molecule has 6 heteroatoms. The Morgan fingerprint density at radius 3 is 2.87 bits per heavy atom. The third kappa shape index (κ3) is 3.34. The maximum atomic E-state index is 10.5. The summed E-state index contributed by atoms with van der Waals surface area (Å²) in [5.41, 5.74) is 8.59. The van der Waals surface area contributed by atoms with E-state index in [1.807, 2.05) is 6.92 Å². The Morgan fingerprint density at radius 1 is 1.73 bits per heavy atom. The molecule has 0 aliphatic rings. The lowest BCUT2D eigenvalue weighted by Gasteiger charge is -2.04. The van der Waals surface area contributed by atoms with E-state index >= 15 is 0 Å². The van der Waals surface area contributed by atoms with Crippen molar-refractivity contribution in [2.45, 2.75) is 19.9 Å². The van der Waals surface area contributed by atoms with Crippen molar-refractivity contribution in [3.8, 4) is 0 Å². The van der Waals surface area contributed by atoms with E-state index in [0.29, 0.717) is 5.56 Å².